The quantitative estimate of drug-likeness (QED) is 0.569. The van der Waals surface area contributed by atoms with Crippen LogP contribution in [0.15, 0.2) is 25.0 Å². The van der Waals surface area contributed by atoms with E-state index in [4.69, 9.17) is 10.8 Å². The lowest BCUT2D eigenvalue weighted by Gasteiger charge is -2.10. The lowest BCUT2D eigenvalue weighted by atomic mass is 10.3. The maximum Gasteiger partial charge on any atom is 0.223 e. The van der Waals surface area contributed by atoms with Crippen LogP contribution in [0.2, 0.25) is 0 Å². The van der Waals surface area contributed by atoms with E-state index < -0.39 is 0 Å². The molecular formula is C8H12N4O. The van der Waals surface area contributed by atoms with Gasteiger partial charge >= 0.3 is 0 Å². The highest BCUT2D eigenvalue weighted by atomic mass is 16.3. The molecule has 0 unspecified atom stereocenters. The van der Waals surface area contributed by atoms with Crippen molar-refractivity contribution in [3.63, 3.8) is 0 Å². The van der Waals surface area contributed by atoms with Crippen molar-refractivity contribution >= 4 is 11.6 Å². The van der Waals surface area contributed by atoms with Gasteiger partial charge in [0.05, 0.1) is 30.7 Å². The van der Waals surface area contributed by atoms with E-state index in [2.05, 4.69) is 21.9 Å². The maximum atomic E-state index is 8.83. The largest absolute Gasteiger partial charge is 0.396 e. The summed E-state index contributed by atoms with van der Waals surface area (Å²) in [6, 6.07) is -0.233. The van der Waals surface area contributed by atoms with E-state index in [1.54, 1.807) is 6.08 Å². The predicted molar refractivity (Wildman–Crippen MR) is 51.1 cm³/mol. The van der Waals surface area contributed by atoms with Crippen molar-refractivity contribution in [1.82, 2.24) is 9.97 Å². The second-order valence-electron chi connectivity index (χ2n) is 2.51. The molecule has 1 aromatic heterocycles. The summed E-state index contributed by atoms with van der Waals surface area (Å²) in [5, 5.41) is 11.7. The van der Waals surface area contributed by atoms with Crippen LogP contribution in [-0.2, 0) is 0 Å². The van der Waals surface area contributed by atoms with Crippen molar-refractivity contribution in [2.24, 2.45) is 0 Å². The van der Waals surface area contributed by atoms with Crippen LogP contribution in [0.1, 0.15) is 0 Å². The minimum absolute atomic E-state index is 0.0444. The predicted octanol–water partition coefficient (Wildman–Crippen LogP) is 0.0176. The third kappa shape index (κ3) is 2.72. The summed E-state index contributed by atoms with van der Waals surface area (Å²) in [6.45, 7) is 3.50. The van der Waals surface area contributed by atoms with Gasteiger partial charge in [0.15, 0.2) is 0 Å². The van der Waals surface area contributed by atoms with Crippen LogP contribution >= 0.6 is 0 Å². The zero-order valence-corrected chi connectivity index (χ0v) is 7.14. The lowest BCUT2D eigenvalue weighted by Crippen LogP contribution is -2.22. The van der Waals surface area contributed by atoms with Crippen molar-refractivity contribution in [3.8, 4) is 0 Å². The SMILES string of the molecule is C=C[C@@H](CO)Nc1ncc(N)cn1. The van der Waals surface area contributed by atoms with Gasteiger partial charge in [-0.25, -0.2) is 9.97 Å². The number of nitrogens with zero attached hydrogens (tertiary/aromatic N) is 2. The van der Waals surface area contributed by atoms with Gasteiger partial charge in [0.25, 0.3) is 0 Å². The fraction of sp³-hybridized carbons (Fsp3) is 0.250. The van der Waals surface area contributed by atoms with Gasteiger partial charge in [-0.15, -0.1) is 6.58 Å². The van der Waals surface area contributed by atoms with Crippen LogP contribution in [-0.4, -0.2) is 27.7 Å². The zero-order chi connectivity index (χ0) is 9.68. The Labute approximate surface area is 76.3 Å². The Hall–Kier alpha value is -1.62. The number of hydrogen-bond acceptors (Lipinski definition) is 5. The molecule has 1 rings (SSSR count). The third-order valence-electron chi connectivity index (χ3n) is 1.47. The number of nitrogens with two attached hydrogens (primary N) is 1. The van der Waals surface area contributed by atoms with E-state index in [-0.39, 0.29) is 12.6 Å². The van der Waals surface area contributed by atoms with Crippen molar-refractivity contribution in [2.75, 3.05) is 17.7 Å². The van der Waals surface area contributed by atoms with E-state index in [1.807, 2.05) is 0 Å². The summed E-state index contributed by atoms with van der Waals surface area (Å²) in [4.78, 5) is 7.82. The molecule has 0 aliphatic heterocycles. The molecule has 0 fully saturated rings. The van der Waals surface area contributed by atoms with Crippen LogP contribution in [0.3, 0.4) is 0 Å². The number of hydrogen-bond donors (Lipinski definition) is 3. The van der Waals surface area contributed by atoms with E-state index >= 15 is 0 Å². The number of rotatable bonds is 4. The number of aromatic nitrogens is 2. The monoisotopic (exact) mass is 180 g/mol. The molecule has 5 heteroatoms. The second kappa shape index (κ2) is 4.42. The molecule has 0 bridgehead atoms. The molecule has 0 spiro atoms. The molecular weight excluding hydrogens is 168 g/mol. The van der Waals surface area contributed by atoms with Crippen LogP contribution in [0.4, 0.5) is 11.6 Å². The van der Waals surface area contributed by atoms with Crippen molar-refractivity contribution in [3.05, 3.63) is 25.0 Å². The van der Waals surface area contributed by atoms with Crippen molar-refractivity contribution in [1.29, 1.82) is 0 Å². The minimum atomic E-state index is -0.233. The Morgan fingerprint density at radius 1 is 1.62 bits per heavy atom. The molecule has 70 valence electrons. The Morgan fingerprint density at radius 2 is 2.23 bits per heavy atom. The highest BCUT2D eigenvalue weighted by Crippen LogP contribution is 2.02. The smallest absolute Gasteiger partial charge is 0.223 e. The first-order chi connectivity index (χ1) is 6.26. The van der Waals surface area contributed by atoms with Crippen molar-refractivity contribution in [2.45, 2.75) is 6.04 Å². The summed E-state index contributed by atoms with van der Waals surface area (Å²) < 4.78 is 0. The molecule has 0 amide bonds. The Kier molecular flexibility index (Phi) is 3.22. The van der Waals surface area contributed by atoms with Gasteiger partial charge in [-0.2, -0.15) is 0 Å². The van der Waals surface area contributed by atoms with Crippen LogP contribution in [0.25, 0.3) is 0 Å². The fourth-order valence-corrected chi connectivity index (χ4v) is 0.757. The van der Waals surface area contributed by atoms with Gasteiger partial charge in [-0.1, -0.05) is 6.08 Å². The van der Waals surface area contributed by atoms with E-state index in [0.717, 1.165) is 0 Å². The molecule has 0 radical (unpaired) electrons. The first kappa shape index (κ1) is 9.47. The molecule has 5 nitrogen and oxygen atoms in total. The van der Waals surface area contributed by atoms with Gasteiger partial charge in [0.1, 0.15) is 0 Å². The normalized spacial score (nSPS) is 12.1. The number of nitrogen functional groups attached to an aromatic ring is 1. The van der Waals surface area contributed by atoms with E-state index in [1.165, 1.54) is 12.4 Å². The number of aliphatic hydroxyl groups excluding tert-OH is 1. The molecule has 1 heterocycles. The van der Waals surface area contributed by atoms with E-state index in [0.29, 0.717) is 11.6 Å². The zero-order valence-electron chi connectivity index (χ0n) is 7.14. The second-order valence-corrected chi connectivity index (χ2v) is 2.51. The summed E-state index contributed by atoms with van der Waals surface area (Å²) >= 11 is 0. The van der Waals surface area contributed by atoms with E-state index in [9.17, 15) is 0 Å². The first-order valence-electron chi connectivity index (χ1n) is 3.83. The van der Waals surface area contributed by atoms with Gasteiger partial charge in [-0.3, -0.25) is 0 Å². The third-order valence-corrected chi connectivity index (χ3v) is 1.47. The fourth-order valence-electron chi connectivity index (χ4n) is 0.757. The highest BCUT2D eigenvalue weighted by molar-refractivity contribution is 5.36. The van der Waals surface area contributed by atoms with Crippen LogP contribution in [0.5, 0.6) is 0 Å². The van der Waals surface area contributed by atoms with Gasteiger partial charge in [0, 0.05) is 0 Å². The summed E-state index contributed by atoms with van der Waals surface area (Å²) in [5.74, 6) is 0.424. The Morgan fingerprint density at radius 3 is 2.69 bits per heavy atom. The van der Waals surface area contributed by atoms with Gasteiger partial charge in [0.2, 0.25) is 5.95 Å². The lowest BCUT2D eigenvalue weighted by molar-refractivity contribution is 0.290. The molecule has 0 saturated heterocycles. The molecule has 1 aromatic rings. The standard InChI is InChI=1S/C8H12N4O/c1-2-7(5-13)12-8-10-3-6(9)4-11-8/h2-4,7,13H,1,5,9H2,(H,10,11,12)/t7-/m0/s1. The molecule has 0 aromatic carbocycles. The van der Waals surface area contributed by atoms with Crippen LogP contribution < -0.4 is 11.1 Å². The molecule has 0 aliphatic rings. The van der Waals surface area contributed by atoms with Crippen LogP contribution in [0, 0.1) is 0 Å². The highest BCUT2D eigenvalue weighted by Gasteiger charge is 2.02. The van der Waals surface area contributed by atoms with Gasteiger partial charge in [-0.05, 0) is 0 Å². The average molecular weight is 180 g/mol. The number of anilines is 2. The summed E-state index contributed by atoms with van der Waals surface area (Å²) in [5.41, 5.74) is 5.90. The molecule has 0 saturated carbocycles. The molecule has 0 aliphatic carbocycles. The topological polar surface area (TPSA) is 84.1 Å². The Balaban J connectivity index is 2.63. The summed E-state index contributed by atoms with van der Waals surface area (Å²) in [6.07, 6.45) is 4.57. The molecule has 4 N–H and O–H groups in total. The first-order valence-corrected chi connectivity index (χ1v) is 3.83. The minimum Gasteiger partial charge on any atom is -0.396 e. The number of aliphatic hydroxyl groups is 1. The molecule has 1 atom stereocenters. The number of nitrogens with one attached hydrogen (secondary N) is 1. The maximum absolute atomic E-state index is 8.83. The Bertz CT molecular complexity index is 272. The van der Waals surface area contributed by atoms with Crippen molar-refractivity contribution < 1.29 is 5.11 Å². The molecule has 13 heavy (non-hydrogen) atoms. The van der Waals surface area contributed by atoms with Gasteiger partial charge < -0.3 is 16.2 Å². The average Bonchev–Trinajstić information content (AvgIpc) is 2.17. The summed E-state index contributed by atoms with van der Waals surface area (Å²) in [7, 11) is 0.